The summed E-state index contributed by atoms with van der Waals surface area (Å²) in [5.74, 6) is -0.255. The lowest BCUT2D eigenvalue weighted by Crippen LogP contribution is -2.52. The minimum Gasteiger partial charge on any atom is -0.398 e. The van der Waals surface area contributed by atoms with Gasteiger partial charge in [-0.15, -0.1) is 0 Å². The predicted octanol–water partition coefficient (Wildman–Crippen LogP) is 0.861. The summed E-state index contributed by atoms with van der Waals surface area (Å²) in [6.45, 7) is 1.09. The van der Waals surface area contributed by atoms with E-state index in [0.29, 0.717) is 29.9 Å². The first kappa shape index (κ1) is 15.6. The molecule has 124 valence electrons. The van der Waals surface area contributed by atoms with Gasteiger partial charge in [0.25, 0.3) is 5.91 Å². The third-order valence-electron chi connectivity index (χ3n) is 4.56. The zero-order chi connectivity index (χ0) is 16.7. The summed E-state index contributed by atoms with van der Waals surface area (Å²) in [5, 5.41) is 10.6. The standard InChI is InChI=1S/C16H22N4O3/c1-18(2)16(23)19-8-4-5-10(9-19)20-14(21)11-6-3-7-12(17)13(11)15(20)22/h3,6-7,10,14,21H,4-5,8-9,17H2,1-2H3/t10-,14?/m1/s1. The van der Waals surface area contributed by atoms with Crippen LogP contribution in [0.2, 0.25) is 0 Å². The van der Waals surface area contributed by atoms with Crippen molar-refractivity contribution in [2.45, 2.75) is 25.1 Å². The fourth-order valence-corrected chi connectivity index (χ4v) is 3.44. The number of carbonyl (C=O) groups excluding carboxylic acids is 2. The van der Waals surface area contributed by atoms with Gasteiger partial charge in [0.15, 0.2) is 6.23 Å². The van der Waals surface area contributed by atoms with Gasteiger partial charge in [0.1, 0.15) is 0 Å². The van der Waals surface area contributed by atoms with Crippen molar-refractivity contribution in [2.75, 3.05) is 32.9 Å². The number of nitrogens with zero attached hydrogens (tertiary/aromatic N) is 3. The van der Waals surface area contributed by atoms with Gasteiger partial charge in [0.2, 0.25) is 0 Å². The summed E-state index contributed by atoms with van der Waals surface area (Å²) in [4.78, 5) is 29.6. The fraction of sp³-hybridized carbons (Fsp3) is 0.500. The molecule has 1 fully saturated rings. The monoisotopic (exact) mass is 318 g/mol. The largest absolute Gasteiger partial charge is 0.398 e. The van der Waals surface area contributed by atoms with Crippen LogP contribution in [0.3, 0.4) is 0 Å². The van der Waals surface area contributed by atoms with E-state index in [9.17, 15) is 14.7 Å². The molecule has 7 nitrogen and oxygen atoms in total. The van der Waals surface area contributed by atoms with Crippen molar-refractivity contribution in [3.05, 3.63) is 29.3 Å². The van der Waals surface area contributed by atoms with Crippen LogP contribution in [0.5, 0.6) is 0 Å². The maximum atomic E-state index is 12.7. The second-order valence-electron chi connectivity index (χ2n) is 6.32. The number of rotatable bonds is 1. The Labute approximate surface area is 135 Å². The van der Waals surface area contributed by atoms with Crippen LogP contribution in [0, 0.1) is 0 Å². The molecule has 2 atom stereocenters. The molecule has 0 aliphatic carbocycles. The second-order valence-corrected chi connectivity index (χ2v) is 6.32. The zero-order valence-corrected chi connectivity index (χ0v) is 13.4. The second kappa shape index (κ2) is 5.73. The van der Waals surface area contributed by atoms with Gasteiger partial charge in [-0.1, -0.05) is 12.1 Å². The van der Waals surface area contributed by atoms with Gasteiger partial charge < -0.3 is 25.5 Å². The number of likely N-dealkylation sites (tertiary alicyclic amines) is 1. The lowest BCUT2D eigenvalue weighted by Gasteiger charge is -2.39. The summed E-state index contributed by atoms with van der Waals surface area (Å²) in [5.41, 5.74) is 7.21. The third-order valence-corrected chi connectivity index (χ3v) is 4.56. The number of benzene rings is 1. The summed E-state index contributed by atoms with van der Waals surface area (Å²) in [6, 6.07) is 4.83. The quantitative estimate of drug-likeness (QED) is 0.752. The Morgan fingerprint density at radius 1 is 1.39 bits per heavy atom. The summed E-state index contributed by atoms with van der Waals surface area (Å²) in [6.07, 6.45) is 0.556. The first-order chi connectivity index (χ1) is 10.9. The molecule has 3 rings (SSSR count). The van der Waals surface area contributed by atoms with Crippen molar-refractivity contribution in [2.24, 2.45) is 0 Å². The average Bonchev–Trinajstić information content (AvgIpc) is 2.79. The maximum Gasteiger partial charge on any atom is 0.319 e. The van der Waals surface area contributed by atoms with Gasteiger partial charge in [0, 0.05) is 38.4 Å². The van der Waals surface area contributed by atoms with E-state index in [1.54, 1.807) is 37.2 Å². The first-order valence-corrected chi connectivity index (χ1v) is 7.77. The maximum absolute atomic E-state index is 12.7. The molecule has 3 N–H and O–H groups in total. The molecule has 3 amide bonds. The molecule has 23 heavy (non-hydrogen) atoms. The number of nitrogen functional groups attached to an aromatic ring is 1. The Balaban J connectivity index is 1.84. The van der Waals surface area contributed by atoms with Gasteiger partial charge >= 0.3 is 6.03 Å². The van der Waals surface area contributed by atoms with Crippen molar-refractivity contribution < 1.29 is 14.7 Å². The Morgan fingerprint density at radius 3 is 2.78 bits per heavy atom. The van der Waals surface area contributed by atoms with E-state index in [2.05, 4.69) is 0 Å². The summed E-state index contributed by atoms with van der Waals surface area (Å²) >= 11 is 0. The molecule has 7 heteroatoms. The number of amides is 3. The van der Waals surface area contributed by atoms with Crippen molar-refractivity contribution in [3.63, 3.8) is 0 Å². The normalized spacial score (nSPS) is 23.9. The highest BCUT2D eigenvalue weighted by molar-refractivity contribution is 6.03. The number of urea groups is 1. The lowest BCUT2D eigenvalue weighted by atomic mass is 10.0. The SMILES string of the molecule is CN(C)C(=O)N1CCC[C@@H](N2C(=O)c3c(N)cccc3C2O)C1. The minimum atomic E-state index is -1.000. The van der Waals surface area contributed by atoms with Crippen molar-refractivity contribution in [3.8, 4) is 0 Å². The molecule has 2 heterocycles. The highest BCUT2D eigenvalue weighted by Gasteiger charge is 2.42. The molecule has 0 spiro atoms. The Bertz CT molecular complexity index is 646. The first-order valence-electron chi connectivity index (χ1n) is 7.77. The molecule has 0 radical (unpaired) electrons. The van der Waals surface area contributed by atoms with Gasteiger partial charge in [-0.3, -0.25) is 4.79 Å². The summed E-state index contributed by atoms with van der Waals surface area (Å²) < 4.78 is 0. The molecular weight excluding hydrogens is 296 g/mol. The van der Waals surface area contributed by atoms with E-state index < -0.39 is 6.23 Å². The number of anilines is 1. The molecule has 0 bridgehead atoms. The van der Waals surface area contributed by atoms with Crippen LogP contribution < -0.4 is 5.73 Å². The van der Waals surface area contributed by atoms with E-state index in [0.717, 1.165) is 12.8 Å². The number of fused-ring (bicyclic) bond motifs is 1. The van der Waals surface area contributed by atoms with Crippen LogP contribution in [0.4, 0.5) is 10.5 Å². The number of nitrogens with two attached hydrogens (primary N) is 1. The molecule has 2 aliphatic heterocycles. The zero-order valence-electron chi connectivity index (χ0n) is 13.4. The number of aliphatic hydroxyl groups is 1. The molecule has 1 saturated heterocycles. The van der Waals surface area contributed by atoms with Gasteiger partial charge in [-0.05, 0) is 18.9 Å². The van der Waals surface area contributed by atoms with E-state index >= 15 is 0 Å². The predicted molar refractivity (Wildman–Crippen MR) is 85.7 cm³/mol. The highest BCUT2D eigenvalue weighted by atomic mass is 16.3. The minimum absolute atomic E-state index is 0.0761. The van der Waals surface area contributed by atoms with E-state index in [1.807, 2.05) is 0 Å². The van der Waals surface area contributed by atoms with Crippen LogP contribution in [-0.4, -0.2) is 65.0 Å². The van der Waals surface area contributed by atoms with E-state index in [4.69, 9.17) is 5.73 Å². The van der Waals surface area contributed by atoms with Crippen LogP contribution >= 0.6 is 0 Å². The van der Waals surface area contributed by atoms with Crippen molar-refractivity contribution >= 4 is 17.6 Å². The summed E-state index contributed by atoms with van der Waals surface area (Å²) in [7, 11) is 3.41. The van der Waals surface area contributed by atoms with Gasteiger partial charge in [0.05, 0.1) is 11.6 Å². The number of hydrogen-bond donors (Lipinski definition) is 2. The number of piperidine rings is 1. The van der Waals surface area contributed by atoms with Crippen LogP contribution in [0.1, 0.15) is 35.0 Å². The molecule has 1 aromatic carbocycles. The van der Waals surface area contributed by atoms with Crippen LogP contribution in [-0.2, 0) is 0 Å². The number of hydrogen-bond acceptors (Lipinski definition) is 4. The van der Waals surface area contributed by atoms with Crippen molar-refractivity contribution in [1.29, 1.82) is 0 Å². The molecule has 0 saturated carbocycles. The molecule has 1 unspecified atom stereocenters. The van der Waals surface area contributed by atoms with Gasteiger partial charge in [-0.25, -0.2) is 4.79 Å². The molecule has 0 aromatic heterocycles. The Hall–Kier alpha value is -2.28. The topological polar surface area (TPSA) is 90.1 Å². The van der Waals surface area contributed by atoms with Crippen LogP contribution in [0.25, 0.3) is 0 Å². The molecule has 2 aliphatic rings. The third kappa shape index (κ3) is 2.50. The van der Waals surface area contributed by atoms with E-state index in [-0.39, 0.29) is 18.0 Å². The van der Waals surface area contributed by atoms with Crippen molar-refractivity contribution in [1.82, 2.24) is 14.7 Å². The Morgan fingerprint density at radius 2 is 2.13 bits per heavy atom. The fourth-order valence-electron chi connectivity index (χ4n) is 3.44. The molecule has 1 aromatic rings. The Kier molecular flexibility index (Phi) is 3.89. The van der Waals surface area contributed by atoms with E-state index in [1.165, 1.54) is 9.80 Å². The lowest BCUT2D eigenvalue weighted by molar-refractivity contribution is -0.0173. The van der Waals surface area contributed by atoms with Crippen LogP contribution in [0.15, 0.2) is 18.2 Å². The average molecular weight is 318 g/mol. The highest BCUT2D eigenvalue weighted by Crippen LogP contribution is 2.37. The molecular formula is C16H22N4O3. The number of aliphatic hydroxyl groups excluding tert-OH is 1. The van der Waals surface area contributed by atoms with Gasteiger partial charge in [-0.2, -0.15) is 0 Å². The number of carbonyl (C=O) groups is 2. The smallest absolute Gasteiger partial charge is 0.319 e.